The number of amides is 1. The van der Waals surface area contributed by atoms with Crippen LogP contribution in [0.3, 0.4) is 0 Å². The normalized spacial score (nSPS) is 10.4. The molecule has 0 saturated heterocycles. The molecule has 0 fully saturated rings. The molecule has 28 heavy (non-hydrogen) atoms. The number of ether oxygens (including phenoxy) is 1. The molecule has 3 aromatic rings. The van der Waals surface area contributed by atoms with Crippen molar-refractivity contribution in [3.05, 3.63) is 95.1 Å². The fourth-order valence-corrected chi connectivity index (χ4v) is 2.99. The van der Waals surface area contributed by atoms with Gasteiger partial charge < -0.3 is 10.1 Å². The Morgan fingerprint density at radius 1 is 0.857 bits per heavy atom. The summed E-state index contributed by atoms with van der Waals surface area (Å²) in [6.45, 7) is 3.93. The molecule has 0 aromatic heterocycles. The number of aryl methyl sites for hydroxylation is 2. The van der Waals surface area contributed by atoms with Crippen LogP contribution in [0, 0.1) is 6.92 Å². The second-order valence-electron chi connectivity index (χ2n) is 6.52. The van der Waals surface area contributed by atoms with Crippen molar-refractivity contribution in [1.82, 2.24) is 0 Å². The van der Waals surface area contributed by atoms with E-state index in [-0.39, 0.29) is 18.3 Å². The van der Waals surface area contributed by atoms with Crippen LogP contribution < -0.4 is 10.1 Å². The molecule has 0 heterocycles. The third kappa shape index (κ3) is 4.65. The lowest BCUT2D eigenvalue weighted by molar-refractivity contribution is -0.118. The lowest BCUT2D eigenvalue weighted by Gasteiger charge is -2.13. The van der Waals surface area contributed by atoms with Crippen molar-refractivity contribution in [3.63, 3.8) is 0 Å². The topological polar surface area (TPSA) is 55.4 Å². The highest BCUT2D eigenvalue weighted by Gasteiger charge is 2.11. The summed E-state index contributed by atoms with van der Waals surface area (Å²) in [4.78, 5) is 24.7. The van der Waals surface area contributed by atoms with Gasteiger partial charge in [0, 0.05) is 16.8 Å². The van der Waals surface area contributed by atoms with E-state index in [1.165, 1.54) is 0 Å². The molecule has 0 saturated carbocycles. The zero-order valence-electron chi connectivity index (χ0n) is 16.1. The Hall–Kier alpha value is -3.40. The molecule has 0 radical (unpaired) electrons. The molecular formula is C24H23NO3. The second kappa shape index (κ2) is 9.00. The van der Waals surface area contributed by atoms with Crippen LogP contribution in [0.15, 0.2) is 72.8 Å². The Balaban J connectivity index is 1.59. The van der Waals surface area contributed by atoms with Gasteiger partial charge in [-0.1, -0.05) is 55.5 Å². The van der Waals surface area contributed by atoms with Gasteiger partial charge in [-0.25, -0.2) is 0 Å². The Morgan fingerprint density at radius 2 is 1.54 bits per heavy atom. The van der Waals surface area contributed by atoms with Crippen molar-refractivity contribution in [2.45, 2.75) is 20.3 Å². The van der Waals surface area contributed by atoms with Crippen LogP contribution in [-0.4, -0.2) is 18.3 Å². The van der Waals surface area contributed by atoms with E-state index in [0.717, 1.165) is 23.2 Å². The van der Waals surface area contributed by atoms with Crippen molar-refractivity contribution in [1.29, 1.82) is 0 Å². The first-order valence-electron chi connectivity index (χ1n) is 9.29. The van der Waals surface area contributed by atoms with Crippen molar-refractivity contribution in [3.8, 4) is 5.75 Å². The maximum absolute atomic E-state index is 12.4. The van der Waals surface area contributed by atoms with Crippen LogP contribution in [0.5, 0.6) is 5.75 Å². The van der Waals surface area contributed by atoms with Crippen LogP contribution in [0.25, 0.3) is 0 Å². The van der Waals surface area contributed by atoms with E-state index in [4.69, 9.17) is 4.74 Å². The highest BCUT2D eigenvalue weighted by atomic mass is 16.5. The number of carbonyl (C=O) groups excluding carboxylic acids is 2. The zero-order valence-corrected chi connectivity index (χ0v) is 16.1. The fraction of sp³-hybridized carbons (Fsp3) is 0.167. The summed E-state index contributed by atoms with van der Waals surface area (Å²) >= 11 is 0. The molecule has 0 aliphatic rings. The molecule has 142 valence electrons. The number of hydrogen-bond donors (Lipinski definition) is 1. The highest BCUT2D eigenvalue weighted by molar-refractivity contribution is 6.09. The summed E-state index contributed by atoms with van der Waals surface area (Å²) in [5.41, 5.74) is 4.19. The van der Waals surface area contributed by atoms with Crippen LogP contribution in [-0.2, 0) is 11.2 Å². The van der Waals surface area contributed by atoms with E-state index >= 15 is 0 Å². The quantitative estimate of drug-likeness (QED) is 0.605. The van der Waals surface area contributed by atoms with Gasteiger partial charge in [0.05, 0.1) is 0 Å². The summed E-state index contributed by atoms with van der Waals surface area (Å²) in [6, 6.07) is 21.9. The average molecular weight is 373 g/mol. The molecule has 3 aromatic carbocycles. The monoisotopic (exact) mass is 373 g/mol. The molecule has 4 heteroatoms. The van der Waals surface area contributed by atoms with Crippen LogP contribution in [0.4, 0.5) is 5.69 Å². The molecule has 3 rings (SSSR count). The van der Waals surface area contributed by atoms with Gasteiger partial charge in [0.25, 0.3) is 5.91 Å². The van der Waals surface area contributed by atoms with Gasteiger partial charge in [-0.15, -0.1) is 0 Å². The number of ketones is 1. The lowest BCUT2D eigenvalue weighted by atomic mass is 10.0. The first-order chi connectivity index (χ1) is 13.6. The van der Waals surface area contributed by atoms with Gasteiger partial charge in [-0.05, 0) is 48.7 Å². The van der Waals surface area contributed by atoms with Gasteiger partial charge in [0.2, 0.25) is 0 Å². The number of para-hydroxylation sites is 1. The van der Waals surface area contributed by atoms with Gasteiger partial charge >= 0.3 is 0 Å². The van der Waals surface area contributed by atoms with E-state index in [9.17, 15) is 9.59 Å². The highest BCUT2D eigenvalue weighted by Crippen LogP contribution is 2.21. The molecule has 0 atom stereocenters. The van der Waals surface area contributed by atoms with E-state index in [2.05, 4.69) is 12.2 Å². The van der Waals surface area contributed by atoms with Crippen LogP contribution in [0.2, 0.25) is 0 Å². The summed E-state index contributed by atoms with van der Waals surface area (Å²) in [6.07, 6.45) is 0.842. The first kappa shape index (κ1) is 19.4. The molecule has 0 aliphatic heterocycles. The zero-order chi connectivity index (χ0) is 19.9. The predicted octanol–water partition coefficient (Wildman–Crippen LogP) is 4.81. The van der Waals surface area contributed by atoms with Gasteiger partial charge in [-0.3, -0.25) is 9.59 Å². The Kier molecular flexibility index (Phi) is 6.22. The minimum Gasteiger partial charge on any atom is -0.484 e. The fourth-order valence-electron chi connectivity index (χ4n) is 2.99. The average Bonchev–Trinajstić information content (AvgIpc) is 2.74. The Bertz CT molecular complexity index is 963. The third-order valence-electron chi connectivity index (χ3n) is 4.53. The molecule has 4 nitrogen and oxygen atoms in total. The molecule has 1 N–H and O–H groups in total. The van der Waals surface area contributed by atoms with Gasteiger partial charge in [0.1, 0.15) is 5.75 Å². The molecular weight excluding hydrogens is 350 g/mol. The largest absolute Gasteiger partial charge is 0.484 e. The van der Waals surface area contributed by atoms with Crippen molar-refractivity contribution >= 4 is 17.4 Å². The van der Waals surface area contributed by atoms with Crippen molar-refractivity contribution in [2.75, 3.05) is 11.9 Å². The maximum Gasteiger partial charge on any atom is 0.262 e. The van der Waals surface area contributed by atoms with E-state index in [1.54, 1.807) is 36.4 Å². The number of hydrogen-bond acceptors (Lipinski definition) is 3. The second-order valence-corrected chi connectivity index (χ2v) is 6.52. The molecule has 0 aliphatic carbocycles. The maximum atomic E-state index is 12.4. The molecule has 0 bridgehead atoms. The number of benzene rings is 3. The number of anilines is 1. The van der Waals surface area contributed by atoms with E-state index in [0.29, 0.717) is 16.9 Å². The molecule has 0 spiro atoms. The van der Waals surface area contributed by atoms with Gasteiger partial charge in [0.15, 0.2) is 12.4 Å². The van der Waals surface area contributed by atoms with Crippen molar-refractivity contribution < 1.29 is 14.3 Å². The van der Waals surface area contributed by atoms with E-state index in [1.807, 2.05) is 43.3 Å². The van der Waals surface area contributed by atoms with E-state index < -0.39 is 0 Å². The predicted molar refractivity (Wildman–Crippen MR) is 111 cm³/mol. The van der Waals surface area contributed by atoms with Crippen molar-refractivity contribution in [2.24, 2.45) is 0 Å². The SMILES string of the molecule is CCc1cccc(C)c1NC(=O)COc1ccc(C(=O)c2ccccc2)cc1. The van der Waals surface area contributed by atoms with Crippen LogP contribution in [0.1, 0.15) is 34.0 Å². The molecule has 0 unspecified atom stereocenters. The minimum absolute atomic E-state index is 0.0449. The summed E-state index contributed by atoms with van der Waals surface area (Å²) in [5, 5.41) is 2.93. The van der Waals surface area contributed by atoms with Gasteiger partial charge in [-0.2, -0.15) is 0 Å². The number of nitrogens with one attached hydrogen (secondary N) is 1. The number of rotatable bonds is 7. The molecule has 1 amide bonds. The third-order valence-corrected chi connectivity index (χ3v) is 4.53. The smallest absolute Gasteiger partial charge is 0.262 e. The summed E-state index contributed by atoms with van der Waals surface area (Å²) in [7, 11) is 0. The summed E-state index contributed by atoms with van der Waals surface area (Å²) < 4.78 is 5.57. The number of carbonyl (C=O) groups is 2. The summed E-state index contributed by atoms with van der Waals surface area (Å²) in [5.74, 6) is 0.283. The Morgan fingerprint density at radius 3 is 2.21 bits per heavy atom. The minimum atomic E-state index is -0.214. The standard InChI is InChI=1S/C24H23NO3/c1-3-18-11-7-8-17(2)23(18)25-22(26)16-28-21-14-12-20(13-15-21)24(27)19-9-5-4-6-10-19/h4-15H,3,16H2,1-2H3,(H,25,26). The lowest BCUT2D eigenvalue weighted by Crippen LogP contribution is -2.21. The first-order valence-corrected chi connectivity index (χ1v) is 9.29. The Labute approximate surface area is 165 Å². The van der Waals surface area contributed by atoms with Crippen LogP contribution >= 0.6 is 0 Å².